The number of aryl methyl sites for hydroxylation is 1. The Morgan fingerprint density at radius 3 is 2.89 bits per heavy atom. The molecule has 0 bridgehead atoms. The van der Waals surface area contributed by atoms with Gasteiger partial charge < -0.3 is 15.1 Å². The molecular weight excluding hydrogens is 236 g/mol. The number of rotatable bonds is 4. The van der Waals surface area contributed by atoms with E-state index in [0.29, 0.717) is 6.04 Å². The minimum atomic E-state index is 0.584. The topological polar surface area (TPSA) is 31.4 Å². The summed E-state index contributed by atoms with van der Waals surface area (Å²) in [5, 5.41) is 3.18. The highest BCUT2D eigenvalue weighted by Gasteiger charge is 2.22. The van der Waals surface area contributed by atoms with E-state index in [-0.39, 0.29) is 0 Å². The van der Waals surface area contributed by atoms with E-state index in [1.807, 2.05) is 7.05 Å². The second-order valence-electron chi connectivity index (χ2n) is 5.61. The fourth-order valence-electron chi connectivity index (χ4n) is 2.79. The molecule has 106 valence electrons. The molecule has 1 aromatic heterocycles. The minimum absolute atomic E-state index is 0.584. The van der Waals surface area contributed by atoms with Crippen molar-refractivity contribution in [2.45, 2.75) is 32.4 Å². The molecule has 1 aromatic rings. The summed E-state index contributed by atoms with van der Waals surface area (Å²) in [4.78, 5) is 9.51. The molecule has 0 saturated carbocycles. The molecule has 1 fully saturated rings. The fourth-order valence-corrected chi connectivity index (χ4v) is 2.79. The molecule has 0 spiro atoms. The summed E-state index contributed by atoms with van der Waals surface area (Å²) in [5.74, 6) is 1.10. The van der Waals surface area contributed by atoms with E-state index in [2.05, 4.69) is 48.3 Å². The molecule has 0 aliphatic carbocycles. The number of likely N-dealkylation sites (tertiary alicyclic amines) is 1. The van der Waals surface area contributed by atoms with Gasteiger partial charge in [-0.1, -0.05) is 6.07 Å². The van der Waals surface area contributed by atoms with Crippen molar-refractivity contribution in [3.05, 3.63) is 23.4 Å². The highest BCUT2D eigenvalue weighted by atomic mass is 15.2. The quantitative estimate of drug-likeness (QED) is 0.894. The molecular formula is C15H26N4. The van der Waals surface area contributed by atoms with Gasteiger partial charge in [0.1, 0.15) is 5.82 Å². The Kier molecular flexibility index (Phi) is 4.77. The summed E-state index contributed by atoms with van der Waals surface area (Å²) < 4.78 is 0. The van der Waals surface area contributed by atoms with Crippen molar-refractivity contribution in [2.24, 2.45) is 0 Å². The monoisotopic (exact) mass is 262 g/mol. The zero-order valence-electron chi connectivity index (χ0n) is 12.6. The van der Waals surface area contributed by atoms with Gasteiger partial charge in [0.2, 0.25) is 0 Å². The van der Waals surface area contributed by atoms with Gasteiger partial charge in [0.15, 0.2) is 0 Å². The number of anilines is 1. The first-order valence-electron chi connectivity index (χ1n) is 7.14. The Balaban J connectivity index is 2.10. The van der Waals surface area contributed by atoms with Gasteiger partial charge >= 0.3 is 0 Å². The van der Waals surface area contributed by atoms with E-state index in [1.54, 1.807) is 0 Å². The van der Waals surface area contributed by atoms with Crippen LogP contribution in [0.1, 0.15) is 24.1 Å². The highest BCUT2D eigenvalue weighted by Crippen LogP contribution is 2.20. The second kappa shape index (κ2) is 6.35. The van der Waals surface area contributed by atoms with Crippen LogP contribution in [0, 0.1) is 6.92 Å². The fraction of sp³-hybridized carbons (Fsp3) is 0.667. The summed E-state index contributed by atoms with van der Waals surface area (Å²) in [6, 6.07) is 4.92. The largest absolute Gasteiger partial charge is 0.355 e. The first-order chi connectivity index (χ1) is 9.11. The normalized spacial score (nSPS) is 20.5. The van der Waals surface area contributed by atoms with Crippen molar-refractivity contribution in [2.75, 3.05) is 39.1 Å². The van der Waals surface area contributed by atoms with Gasteiger partial charge in [-0.25, -0.2) is 4.98 Å². The van der Waals surface area contributed by atoms with E-state index >= 15 is 0 Å². The smallest absolute Gasteiger partial charge is 0.128 e. The summed E-state index contributed by atoms with van der Waals surface area (Å²) in [5.41, 5.74) is 2.41. The van der Waals surface area contributed by atoms with Crippen LogP contribution in [0.25, 0.3) is 0 Å². The minimum Gasteiger partial charge on any atom is -0.355 e. The molecule has 19 heavy (non-hydrogen) atoms. The number of likely N-dealkylation sites (N-methyl/N-ethyl adjacent to an activating group) is 2. The van der Waals surface area contributed by atoms with E-state index in [4.69, 9.17) is 4.98 Å². The van der Waals surface area contributed by atoms with Crippen LogP contribution in [0.4, 0.5) is 5.82 Å². The number of pyridine rings is 1. The first-order valence-corrected chi connectivity index (χ1v) is 7.14. The van der Waals surface area contributed by atoms with Crippen LogP contribution in [0.2, 0.25) is 0 Å². The summed E-state index contributed by atoms with van der Waals surface area (Å²) in [7, 11) is 6.34. The first kappa shape index (κ1) is 14.3. The maximum atomic E-state index is 4.76. The number of aromatic nitrogens is 1. The summed E-state index contributed by atoms with van der Waals surface area (Å²) >= 11 is 0. The third kappa shape index (κ3) is 3.45. The lowest BCUT2D eigenvalue weighted by Crippen LogP contribution is -2.45. The lowest BCUT2D eigenvalue weighted by molar-refractivity contribution is 0.247. The summed E-state index contributed by atoms with van der Waals surface area (Å²) in [6.07, 6.45) is 2.54. The van der Waals surface area contributed by atoms with Gasteiger partial charge in [-0.2, -0.15) is 0 Å². The number of hydrogen-bond acceptors (Lipinski definition) is 4. The van der Waals surface area contributed by atoms with Gasteiger partial charge in [0, 0.05) is 31.9 Å². The van der Waals surface area contributed by atoms with Crippen molar-refractivity contribution in [3.63, 3.8) is 0 Å². The predicted molar refractivity (Wildman–Crippen MR) is 80.7 cm³/mol. The zero-order valence-corrected chi connectivity index (χ0v) is 12.6. The Labute approximate surface area is 116 Å². The number of piperidine rings is 1. The molecule has 0 radical (unpaired) electrons. The standard InChI is InChI=1S/C15H26N4/c1-12-13(10-16-2)7-8-15(17-12)19(4)14-6-5-9-18(3)11-14/h7-8,14,16H,5-6,9-11H2,1-4H3. The Morgan fingerprint density at radius 1 is 1.47 bits per heavy atom. The zero-order chi connectivity index (χ0) is 13.8. The van der Waals surface area contributed by atoms with Crippen LogP contribution in [-0.4, -0.2) is 50.2 Å². The molecule has 1 N–H and O–H groups in total. The molecule has 4 heteroatoms. The maximum Gasteiger partial charge on any atom is 0.128 e. The number of nitrogens with one attached hydrogen (secondary N) is 1. The second-order valence-corrected chi connectivity index (χ2v) is 5.61. The van der Waals surface area contributed by atoms with Crippen LogP contribution in [0.5, 0.6) is 0 Å². The number of hydrogen-bond donors (Lipinski definition) is 1. The van der Waals surface area contributed by atoms with Crippen molar-refractivity contribution < 1.29 is 0 Å². The van der Waals surface area contributed by atoms with E-state index in [9.17, 15) is 0 Å². The van der Waals surface area contributed by atoms with E-state index in [1.165, 1.54) is 24.9 Å². The van der Waals surface area contributed by atoms with Gasteiger partial charge in [-0.3, -0.25) is 0 Å². The molecule has 1 aliphatic heterocycles. The van der Waals surface area contributed by atoms with Gasteiger partial charge in [0.25, 0.3) is 0 Å². The molecule has 2 rings (SSSR count). The Hall–Kier alpha value is -1.13. The third-order valence-corrected chi connectivity index (χ3v) is 4.06. The lowest BCUT2D eigenvalue weighted by Gasteiger charge is -2.36. The van der Waals surface area contributed by atoms with Crippen LogP contribution >= 0.6 is 0 Å². The highest BCUT2D eigenvalue weighted by molar-refractivity contribution is 5.42. The van der Waals surface area contributed by atoms with E-state index in [0.717, 1.165) is 24.6 Å². The van der Waals surface area contributed by atoms with Gasteiger partial charge in [0.05, 0.1) is 0 Å². The van der Waals surface area contributed by atoms with Crippen LogP contribution in [0.15, 0.2) is 12.1 Å². The molecule has 0 aromatic carbocycles. The average molecular weight is 262 g/mol. The molecule has 0 amide bonds. The van der Waals surface area contributed by atoms with Crippen LogP contribution in [-0.2, 0) is 6.54 Å². The Morgan fingerprint density at radius 2 is 2.26 bits per heavy atom. The molecule has 2 heterocycles. The van der Waals surface area contributed by atoms with Crippen molar-refractivity contribution in [3.8, 4) is 0 Å². The van der Waals surface area contributed by atoms with Crippen molar-refractivity contribution >= 4 is 5.82 Å². The van der Waals surface area contributed by atoms with Gasteiger partial charge in [-0.15, -0.1) is 0 Å². The number of nitrogens with zero attached hydrogens (tertiary/aromatic N) is 3. The SMILES string of the molecule is CNCc1ccc(N(C)C2CCCN(C)C2)nc1C. The van der Waals surface area contributed by atoms with Gasteiger partial charge in [-0.05, 0) is 52.0 Å². The molecule has 1 saturated heterocycles. The van der Waals surface area contributed by atoms with E-state index < -0.39 is 0 Å². The lowest BCUT2D eigenvalue weighted by atomic mass is 10.0. The summed E-state index contributed by atoms with van der Waals surface area (Å²) in [6.45, 7) is 5.33. The van der Waals surface area contributed by atoms with Crippen LogP contribution in [0.3, 0.4) is 0 Å². The molecule has 4 nitrogen and oxygen atoms in total. The maximum absolute atomic E-state index is 4.76. The Bertz CT molecular complexity index is 419. The molecule has 1 aliphatic rings. The molecule has 1 unspecified atom stereocenters. The third-order valence-electron chi connectivity index (χ3n) is 4.06. The average Bonchev–Trinajstić information content (AvgIpc) is 2.40. The van der Waals surface area contributed by atoms with Crippen molar-refractivity contribution in [1.29, 1.82) is 0 Å². The van der Waals surface area contributed by atoms with Crippen LogP contribution < -0.4 is 10.2 Å². The van der Waals surface area contributed by atoms with Crippen molar-refractivity contribution in [1.82, 2.24) is 15.2 Å². The molecule has 1 atom stereocenters. The predicted octanol–water partition coefficient (Wildman–Crippen LogP) is 1.64.